The van der Waals surface area contributed by atoms with Crippen molar-refractivity contribution in [2.45, 2.75) is 25.9 Å². The lowest BCUT2D eigenvalue weighted by Crippen LogP contribution is -2.23. The van der Waals surface area contributed by atoms with Gasteiger partial charge in [-0.2, -0.15) is 0 Å². The molecule has 2 aromatic carbocycles. The number of likely N-dealkylation sites (tertiary alicyclic amines) is 1. The monoisotopic (exact) mass is 376 g/mol. The maximum absolute atomic E-state index is 11.7. The summed E-state index contributed by atoms with van der Waals surface area (Å²) in [7, 11) is 0. The van der Waals surface area contributed by atoms with Gasteiger partial charge in [0.05, 0.1) is 16.0 Å². The number of anilines is 1. The highest BCUT2D eigenvalue weighted by Crippen LogP contribution is 2.30. The number of fused-ring (bicyclic) bond motifs is 1. The largest absolute Gasteiger partial charge is 0.379 e. The molecule has 0 bridgehead atoms. The fraction of sp³-hybridized carbons (Fsp3) is 0.238. The standard InChI is InChI=1S/C21H20N4O3/c26-20-4-2-12-24(20)14-16-7-5-15(6-8-16)13-23-18-9-10-19(25(27)28)17-3-1-11-22-21(17)18/h1,3,5-11,23H,2,4,12-14H2. The number of nitrogens with zero attached hydrogens (tertiary/aromatic N) is 3. The zero-order valence-corrected chi connectivity index (χ0v) is 15.3. The van der Waals surface area contributed by atoms with Crippen LogP contribution in [-0.2, 0) is 17.9 Å². The minimum absolute atomic E-state index is 0.0504. The minimum atomic E-state index is -0.391. The molecular formula is C21H20N4O3. The summed E-state index contributed by atoms with van der Waals surface area (Å²) in [4.78, 5) is 28.8. The van der Waals surface area contributed by atoms with E-state index in [4.69, 9.17) is 0 Å². The van der Waals surface area contributed by atoms with Crippen LogP contribution >= 0.6 is 0 Å². The molecule has 28 heavy (non-hydrogen) atoms. The number of hydrogen-bond donors (Lipinski definition) is 1. The Labute approximate surface area is 162 Å². The lowest BCUT2D eigenvalue weighted by Gasteiger charge is -2.16. The van der Waals surface area contributed by atoms with E-state index >= 15 is 0 Å². The van der Waals surface area contributed by atoms with Crippen LogP contribution in [0.15, 0.2) is 54.7 Å². The zero-order chi connectivity index (χ0) is 19.5. The van der Waals surface area contributed by atoms with E-state index in [0.29, 0.717) is 30.4 Å². The van der Waals surface area contributed by atoms with Gasteiger partial charge in [0, 0.05) is 38.3 Å². The van der Waals surface area contributed by atoms with Crippen LogP contribution in [0.25, 0.3) is 10.9 Å². The van der Waals surface area contributed by atoms with Crippen molar-refractivity contribution in [2.75, 3.05) is 11.9 Å². The zero-order valence-electron chi connectivity index (χ0n) is 15.3. The van der Waals surface area contributed by atoms with Gasteiger partial charge in [-0.05, 0) is 35.7 Å². The van der Waals surface area contributed by atoms with Gasteiger partial charge in [-0.25, -0.2) is 0 Å². The van der Waals surface area contributed by atoms with Crippen molar-refractivity contribution in [3.63, 3.8) is 0 Å². The Bertz CT molecular complexity index is 1030. The first-order valence-corrected chi connectivity index (χ1v) is 9.23. The second-order valence-electron chi connectivity index (χ2n) is 6.88. The van der Waals surface area contributed by atoms with Gasteiger partial charge in [0.25, 0.3) is 5.69 Å². The Morgan fingerprint density at radius 2 is 1.89 bits per heavy atom. The Hall–Kier alpha value is -3.48. The summed E-state index contributed by atoms with van der Waals surface area (Å²) in [5.74, 6) is 0.225. The van der Waals surface area contributed by atoms with Crippen molar-refractivity contribution in [2.24, 2.45) is 0 Å². The number of nitro benzene ring substituents is 1. The maximum atomic E-state index is 11.7. The van der Waals surface area contributed by atoms with E-state index < -0.39 is 4.92 Å². The van der Waals surface area contributed by atoms with E-state index in [1.807, 2.05) is 29.2 Å². The third-order valence-corrected chi connectivity index (χ3v) is 4.99. The van der Waals surface area contributed by atoms with E-state index in [2.05, 4.69) is 10.3 Å². The summed E-state index contributed by atoms with van der Waals surface area (Å²) in [6.07, 6.45) is 3.23. The highest BCUT2D eigenvalue weighted by molar-refractivity contribution is 5.96. The number of rotatable bonds is 6. The smallest absolute Gasteiger partial charge is 0.278 e. The number of pyridine rings is 1. The van der Waals surface area contributed by atoms with Crippen molar-refractivity contribution in [1.29, 1.82) is 0 Å². The van der Waals surface area contributed by atoms with Crippen molar-refractivity contribution in [3.8, 4) is 0 Å². The maximum Gasteiger partial charge on any atom is 0.278 e. The van der Waals surface area contributed by atoms with Crippen molar-refractivity contribution < 1.29 is 9.72 Å². The van der Waals surface area contributed by atoms with Crippen LogP contribution < -0.4 is 5.32 Å². The van der Waals surface area contributed by atoms with Crippen LogP contribution in [0.2, 0.25) is 0 Å². The van der Waals surface area contributed by atoms with Crippen molar-refractivity contribution in [1.82, 2.24) is 9.88 Å². The Balaban J connectivity index is 1.47. The molecule has 7 nitrogen and oxygen atoms in total. The number of carbonyl (C=O) groups is 1. The molecule has 0 spiro atoms. The Kier molecular flexibility index (Phi) is 4.89. The van der Waals surface area contributed by atoms with Crippen LogP contribution in [-0.4, -0.2) is 27.3 Å². The van der Waals surface area contributed by atoms with Gasteiger partial charge < -0.3 is 10.2 Å². The van der Waals surface area contributed by atoms with Gasteiger partial charge in [0.1, 0.15) is 5.52 Å². The lowest BCUT2D eigenvalue weighted by atomic mass is 10.1. The molecule has 0 unspecified atom stereocenters. The molecule has 1 N–H and O–H groups in total. The van der Waals surface area contributed by atoms with E-state index in [1.165, 1.54) is 6.07 Å². The highest BCUT2D eigenvalue weighted by atomic mass is 16.6. The topological polar surface area (TPSA) is 88.4 Å². The number of non-ortho nitro benzene ring substituents is 1. The summed E-state index contributed by atoms with van der Waals surface area (Å²) in [5.41, 5.74) is 3.59. The number of benzene rings is 2. The van der Waals surface area contributed by atoms with Gasteiger partial charge in [-0.1, -0.05) is 24.3 Å². The summed E-state index contributed by atoms with van der Waals surface area (Å²) in [5, 5.41) is 15.1. The average molecular weight is 376 g/mol. The summed E-state index contributed by atoms with van der Waals surface area (Å²) >= 11 is 0. The fourth-order valence-corrected chi connectivity index (χ4v) is 3.51. The summed E-state index contributed by atoms with van der Waals surface area (Å²) in [6, 6.07) is 14.7. The van der Waals surface area contributed by atoms with Gasteiger partial charge in [0.2, 0.25) is 5.91 Å². The highest BCUT2D eigenvalue weighted by Gasteiger charge is 2.19. The molecule has 1 amide bonds. The molecule has 0 aliphatic carbocycles. The van der Waals surface area contributed by atoms with Crippen molar-refractivity contribution >= 4 is 28.2 Å². The lowest BCUT2D eigenvalue weighted by molar-refractivity contribution is -0.383. The molecule has 142 valence electrons. The first-order chi connectivity index (χ1) is 13.6. The number of hydrogen-bond acceptors (Lipinski definition) is 5. The van der Waals surface area contributed by atoms with E-state index in [0.717, 1.165) is 29.8 Å². The molecule has 1 aromatic heterocycles. The Morgan fingerprint density at radius 3 is 2.61 bits per heavy atom. The van der Waals surface area contributed by atoms with Crippen molar-refractivity contribution in [3.05, 3.63) is 76.0 Å². The third-order valence-electron chi connectivity index (χ3n) is 4.99. The normalized spacial score (nSPS) is 13.9. The molecule has 3 aromatic rings. The molecule has 0 saturated carbocycles. The number of nitro groups is 1. The quantitative estimate of drug-likeness (QED) is 0.521. The van der Waals surface area contributed by atoms with Gasteiger partial charge in [0.15, 0.2) is 0 Å². The molecule has 1 saturated heterocycles. The van der Waals surface area contributed by atoms with Gasteiger partial charge in [-0.15, -0.1) is 0 Å². The molecule has 4 rings (SSSR count). The first-order valence-electron chi connectivity index (χ1n) is 9.23. The average Bonchev–Trinajstić information content (AvgIpc) is 3.11. The minimum Gasteiger partial charge on any atom is -0.379 e. The number of nitrogens with one attached hydrogen (secondary N) is 1. The van der Waals surface area contributed by atoms with E-state index in [1.54, 1.807) is 24.4 Å². The molecule has 7 heteroatoms. The second-order valence-corrected chi connectivity index (χ2v) is 6.88. The molecule has 2 heterocycles. The van der Waals surface area contributed by atoms with Crippen LogP contribution in [0.5, 0.6) is 0 Å². The molecular weight excluding hydrogens is 356 g/mol. The molecule has 0 atom stereocenters. The second kappa shape index (κ2) is 7.64. The first kappa shape index (κ1) is 17.9. The Morgan fingerprint density at radius 1 is 1.11 bits per heavy atom. The van der Waals surface area contributed by atoms with Crippen LogP contribution in [0.4, 0.5) is 11.4 Å². The SMILES string of the molecule is O=C1CCCN1Cc1ccc(CNc2ccc([N+](=O)[O-])c3cccnc23)cc1. The number of carbonyl (C=O) groups excluding carboxylic acids is 1. The predicted octanol–water partition coefficient (Wildman–Crippen LogP) is 3.88. The molecule has 1 aliphatic rings. The predicted molar refractivity (Wildman–Crippen MR) is 107 cm³/mol. The van der Waals surface area contributed by atoms with E-state index in [9.17, 15) is 14.9 Å². The molecule has 1 fully saturated rings. The summed E-state index contributed by atoms with van der Waals surface area (Å²) in [6.45, 7) is 2.07. The van der Waals surface area contributed by atoms with Crippen LogP contribution in [0.3, 0.4) is 0 Å². The molecule has 0 radical (unpaired) electrons. The van der Waals surface area contributed by atoms with E-state index in [-0.39, 0.29) is 11.6 Å². The molecule has 1 aliphatic heterocycles. The van der Waals surface area contributed by atoms with Gasteiger partial charge >= 0.3 is 0 Å². The van der Waals surface area contributed by atoms with Crippen LogP contribution in [0.1, 0.15) is 24.0 Å². The third kappa shape index (κ3) is 3.64. The van der Waals surface area contributed by atoms with Gasteiger partial charge in [-0.3, -0.25) is 19.9 Å². The fourth-order valence-electron chi connectivity index (χ4n) is 3.51. The summed E-state index contributed by atoms with van der Waals surface area (Å²) < 4.78 is 0. The number of aromatic nitrogens is 1. The van der Waals surface area contributed by atoms with Crippen LogP contribution in [0, 0.1) is 10.1 Å². The number of amides is 1.